The topological polar surface area (TPSA) is 39.4 Å². The Hall–Kier alpha value is -1.88. The van der Waals surface area contributed by atoms with Crippen LogP contribution in [0.1, 0.15) is 10.7 Å². The molecule has 0 aromatic carbocycles. The Morgan fingerprint density at radius 1 is 1.35 bits per heavy atom. The maximum atomic E-state index is 5.16. The maximum Gasteiger partial charge on any atom is 0.164 e. The number of ether oxygens (including phenoxy) is 1. The van der Waals surface area contributed by atoms with E-state index in [0.29, 0.717) is 0 Å². The zero-order chi connectivity index (χ0) is 11.7. The summed E-state index contributed by atoms with van der Waals surface area (Å²) in [6.07, 6.45) is 2.75. The summed E-state index contributed by atoms with van der Waals surface area (Å²) in [5.74, 6) is 1.75. The van der Waals surface area contributed by atoms with Gasteiger partial charge in [0.2, 0.25) is 0 Å². The highest BCUT2D eigenvalue weighted by molar-refractivity contribution is 7.09. The van der Waals surface area contributed by atoms with Gasteiger partial charge in [0.05, 0.1) is 7.11 Å². The second-order valence-corrected chi connectivity index (χ2v) is 4.70. The lowest BCUT2D eigenvalue weighted by Crippen LogP contribution is -1.95. The molecule has 0 saturated carbocycles. The van der Waals surface area contributed by atoms with Crippen LogP contribution in [0.5, 0.6) is 5.75 Å². The highest BCUT2D eigenvalue weighted by Gasteiger charge is 2.07. The highest BCUT2D eigenvalue weighted by atomic mass is 32.1. The molecule has 3 aromatic heterocycles. The number of hydrogen-bond donors (Lipinski definition) is 0. The summed E-state index contributed by atoms with van der Waals surface area (Å²) in [5, 5.41) is 10.4. The summed E-state index contributed by atoms with van der Waals surface area (Å²) >= 11 is 1.73. The van der Waals surface area contributed by atoms with Gasteiger partial charge in [-0.05, 0) is 17.5 Å². The fourth-order valence-corrected chi connectivity index (χ4v) is 2.44. The van der Waals surface area contributed by atoms with Crippen molar-refractivity contribution in [1.29, 1.82) is 0 Å². The summed E-state index contributed by atoms with van der Waals surface area (Å²) in [7, 11) is 1.65. The molecule has 0 atom stereocenters. The predicted molar refractivity (Wildman–Crippen MR) is 66.7 cm³/mol. The van der Waals surface area contributed by atoms with Crippen LogP contribution >= 0.6 is 11.3 Å². The SMILES string of the molecule is COc1ccn2c(Cc3cccs3)nnc2c1. The second-order valence-electron chi connectivity index (χ2n) is 3.67. The Balaban J connectivity index is 2.00. The molecule has 3 aromatic rings. The Labute approximate surface area is 102 Å². The van der Waals surface area contributed by atoms with Gasteiger partial charge in [-0.3, -0.25) is 4.40 Å². The minimum atomic E-state index is 0.799. The molecule has 5 heteroatoms. The van der Waals surface area contributed by atoms with Crippen molar-refractivity contribution in [2.24, 2.45) is 0 Å². The first-order valence-corrected chi connectivity index (χ1v) is 6.15. The normalized spacial score (nSPS) is 10.9. The van der Waals surface area contributed by atoms with E-state index in [4.69, 9.17) is 4.74 Å². The van der Waals surface area contributed by atoms with E-state index in [1.54, 1.807) is 18.4 Å². The molecule has 0 spiro atoms. The molecule has 4 nitrogen and oxygen atoms in total. The molecule has 17 heavy (non-hydrogen) atoms. The van der Waals surface area contributed by atoms with E-state index in [0.717, 1.165) is 23.6 Å². The highest BCUT2D eigenvalue weighted by Crippen LogP contribution is 2.17. The zero-order valence-electron chi connectivity index (χ0n) is 9.33. The van der Waals surface area contributed by atoms with Crippen LogP contribution < -0.4 is 4.74 Å². The summed E-state index contributed by atoms with van der Waals surface area (Å²) in [4.78, 5) is 1.29. The van der Waals surface area contributed by atoms with Crippen molar-refractivity contribution in [3.8, 4) is 5.75 Å². The van der Waals surface area contributed by atoms with Gasteiger partial charge in [0.25, 0.3) is 0 Å². The third kappa shape index (κ3) is 1.89. The van der Waals surface area contributed by atoms with Gasteiger partial charge in [-0.15, -0.1) is 21.5 Å². The van der Waals surface area contributed by atoms with Gasteiger partial charge >= 0.3 is 0 Å². The summed E-state index contributed by atoms with van der Waals surface area (Å²) in [5.41, 5.74) is 0.816. The van der Waals surface area contributed by atoms with Gasteiger partial charge < -0.3 is 4.74 Å². The molecule has 86 valence electrons. The molecule has 0 unspecified atom stereocenters. The lowest BCUT2D eigenvalue weighted by Gasteiger charge is -2.01. The van der Waals surface area contributed by atoms with E-state index in [1.165, 1.54) is 4.88 Å². The zero-order valence-corrected chi connectivity index (χ0v) is 10.1. The van der Waals surface area contributed by atoms with Crippen molar-refractivity contribution in [3.05, 3.63) is 46.5 Å². The third-order valence-corrected chi connectivity index (χ3v) is 3.48. The lowest BCUT2D eigenvalue weighted by atomic mass is 10.3. The molecule has 0 aliphatic heterocycles. The maximum absolute atomic E-state index is 5.16. The van der Waals surface area contributed by atoms with E-state index in [1.807, 2.05) is 28.8 Å². The quantitative estimate of drug-likeness (QED) is 0.711. The number of aromatic nitrogens is 3. The van der Waals surface area contributed by atoms with Crippen molar-refractivity contribution >= 4 is 17.0 Å². The van der Waals surface area contributed by atoms with Crippen LogP contribution in [0, 0.1) is 0 Å². The molecule has 0 saturated heterocycles. The number of methoxy groups -OCH3 is 1. The molecule has 0 aliphatic carbocycles. The number of hydrogen-bond acceptors (Lipinski definition) is 4. The first kappa shape index (κ1) is 10.3. The fourth-order valence-electron chi connectivity index (χ4n) is 1.74. The average Bonchev–Trinajstić information content (AvgIpc) is 2.99. The summed E-state index contributed by atoms with van der Waals surface area (Å²) < 4.78 is 7.15. The van der Waals surface area contributed by atoms with Gasteiger partial charge in [-0.1, -0.05) is 6.07 Å². The molecule has 3 rings (SSSR count). The molecule has 0 aliphatic rings. The molecule has 0 N–H and O–H groups in total. The standard InChI is InChI=1S/C12H11N3OS/c1-16-9-4-5-15-11(7-9)13-14-12(15)8-10-3-2-6-17-10/h2-7H,8H2,1H3. The largest absolute Gasteiger partial charge is 0.497 e. The summed E-state index contributed by atoms with van der Waals surface area (Å²) in [6.45, 7) is 0. The Morgan fingerprint density at radius 3 is 3.06 bits per heavy atom. The lowest BCUT2D eigenvalue weighted by molar-refractivity contribution is 0.414. The molecule has 0 amide bonds. The Morgan fingerprint density at radius 2 is 2.29 bits per heavy atom. The third-order valence-electron chi connectivity index (χ3n) is 2.60. The molecule has 0 fully saturated rings. The van der Waals surface area contributed by atoms with Gasteiger partial charge in [-0.2, -0.15) is 0 Å². The van der Waals surface area contributed by atoms with Crippen molar-refractivity contribution in [3.63, 3.8) is 0 Å². The Kier molecular flexibility index (Phi) is 2.53. The van der Waals surface area contributed by atoms with Gasteiger partial charge in [0, 0.05) is 23.6 Å². The number of rotatable bonds is 3. The fraction of sp³-hybridized carbons (Fsp3) is 0.167. The van der Waals surface area contributed by atoms with Crippen molar-refractivity contribution < 1.29 is 4.74 Å². The number of pyridine rings is 1. The minimum absolute atomic E-state index is 0.799. The van der Waals surface area contributed by atoms with Crippen LogP contribution in [0.25, 0.3) is 5.65 Å². The van der Waals surface area contributed by atoms with Gasteiger partial charge in [-0.25, -0.2) is 0 Å². The van der Waals surface area contributed by atoms with E-state index in [-0.39, 0.29) is 0 Å². The van der Waals surface area contributed by atoms with E-state index in [2.05, 4.69) is 21.6 Å². The second kappa shape index (κ2) is 4.18. The molecule has 0 bridgehead atoms. The first-order chi connectivity index (χ1) is 8.36. The Bertz CT molecular complexity index is 630. The average molecular weight is 245 g/mol. The molecule has 3 heterocycles. The van der Waals surface area contributed by atoms with Crippen LogP contribution in [0.4, 0.5) is 0 Å². The van der Waals surface area contributed by atoms with Gasteiger partial charge in [0.1, 0.15) is 11.6 Å². The summed E-state index contributed by atoms with van der Waals surface area (Å²) in [6, 6.07) is 7.95. The van der Waals surface area contributed by atoms with Crippen molar-refractivity contribution in [1.82, 2.24) is 14.6 Å². The van der Waals surface area contributed by atoms with E-state index < -0.39 is 0 Å². The molecular formula is C12H11N3OS. The van der Waals surface area contributed by atoms with Gasteiger partial charge in [0.15, 0.2) is 5.65 Å². The van der Waals surface area contributed by atoms with Crippen LogP contribution in [-0.2, 0) is 6.42 Å². The van der Waals surface area contributed by atoms with Crippen LogP contribution in [-0.4, -0.2) is 21.7 Å². The van der Waals surface area contributed by atoms with Crippen molar-refractivity contribution in [2.45, 2.75) is 6.42 Å². The van der Waals surface area contributed by atoms with E-state index >= 15 is 0 Å². The number of thiophene rings is 1. The first-order valence-electron chi connectivity index (χ1n) is 5.27. The minimum Gasteiger partial charge on any atom is -0.497 e. The van der Waals surface area contributed by atoms with Crippen LogP contribution in [0.15, 0.2) is 35.8 Å². The van der Waals surface area contributed by atoms with Crippen LogP contribution in [0.3, 0.4) is 0 Å². The van der Waals surface area contributed by atoms with E-state index in [9.17, 15) is 0 Å². The molecule has 0 radical (unpaired) electrons. The molecular weight excluding hydrogens is 234 g/mol. The number of fused-ring (bicyclic) bond motifs is 1. The predicted octanol–water partition coefficient (Wildman–Crippen LogP) is 2.39. The monoisotopic (exact) mass is 245 g/mol. The smallest absolute Gasteiger partial charge is 0.164 e. The number of nitrogens with zero attached hydrogens (tertiary/aromatic N) is 3. The van der Waals surface area contributed by atoms with Crippen LogP contribution in [0.2, 0.25) is 0 Å². The van der Waals surface area contributed by atoms with Crippen molar-refractivity contribution in [2.75, 3.05) is 7.11 Å².